The molecule has 1 N–H and O–H groups in total. The standard InChI is InChI=1S/C15H15N3O5/c19-15(20)12-4-2-8-17(12)9-23-13-6-5-11(18(21)22)10-3-1-7-16-14(10)13/h1,3,5-7,12H,2,4,8-9H2,(H,19,20)/t12-/m0/s1. The summed E-state index contributed by atoms with van der Waals surface area (Å²) in [6.45, 7) is 0.760. The van der Waals surface area contributed by atoms with Crippen LogP contribution in [0.5, 0.6) is 5.75 Å². The normalized spacial score (nSPS) is 18.2. The van der Waals surface area contributed by atoms with E-state index in [1.54, 1.807) is 17.0 Å². The summed E-state index contributed by atoms with van der Waals surface area (Å²) in [7, 11) is 0. The highest BCUT2D eigenvalue weighted by Gasteiger charge is 2.30. The number of carbonyl (C=O) groups is 1. The molecule has 23 heavy (non-hydrogen) atoms. The molecule has 0 radical (unpaired) electrons. The van der Waals surface area contributed by atoms with Crippen molar-refractivity contribution in [1.29, 1.82) is 0 Å². The van der Waals surface area contributed by atoms with Gasteiger partial charge in [0, 0.05) is 18.8 Å². The van der Waals surface area contributed by atoms with Crippen molar-refractivity contribution in [2.75, 3.05) is 13.3 Å². The number of ether oxygens (including phenoxy) is 1. The molecule has 1 aliphatic rings. The van der Waals surface area contributed by atoms with Gasteiger partial charge in [0.05, 0.1) is 10.3 Å². The first-order valence-electron chi connectivity index (χ1n) is 7.19. The van der Waals surface area contributed by atoms with E-state index in [4.69, 9.17) is 9.84 Å². The second-order valence-corrected chi connectivity index (χ2v) is 5.32. The Labute approximate surface area is 131 Å². The number of likely N-dealkylation sites (tertiary alicyclic amines) is 1. The predicted molar refractivity (Wildman–Crippen MR) is 81.3 cm³/mol. The van der Waals surface area contributed by atoms with Crippen LogP contribution < -0.4 is 4.74 Å². The van der Waals surface area contributed by atoms with E-state index in [9.17, 15) is 14.9 Å². The van der Waals surface area contributed by atoms with Gasteiger partial charge in [0.25, 0.3) is 5.69 Å². The Hall–Kier alpha value is -2.74. The first-order chi connectivity index (χ1) is 11.1. The molecule has 120 valence electrons. The fourth-order valence-corrected chi connectivity index (χ4v) is 2.82. The second-order valence-electron chi connectivity index (χ2n) is 5.32. The van der Waals surface area contributed by atoms with Crippen molar-refractivity contribution in [2.45, 2.75) is 18.9 Å². The number of nitro groups is 1. The molecule has 8 nitrogen and oxygen atoms in total. The fraction of sp³-hybridized carbons (Fsp3) is 0.333. The Bertz CT molecular complexity index is 764. The largest absolute Gasteiger partial charge is 0.480 e. The fourth-order valence-electron chi connectivity index (χ4n) is 2.82. The van der Waals surface area contributed by atoms with Gasteiger partial charge in [-0.25, -0.2) is 0 Å². The average molecular weight is 317 g/mol. The molecule has 0 saturated carbocycles. The summed E-state index contributed by atoms with van der Waals surface area (Å²) in [6.07, 6.45) is 2.94. The number of nitro benzene ring substituents is 1. The molecule has 8 heteroatoms. The topological polar surface area (TPSA) is 106 Å². The maximum absolute atomic E-state index is 11.2. The minimum absolute atomic E-state index is 0.0370. The monoisotopic (exact) mass is 317 g/mol. The number of aliphatic carboxylic acids is 1. The molecule has 0 spiro atoms. The van der Waals surface area contributed by atoms with E-state index in [0.717, 1.165) is 6.42 Å². The van der Waals surface area contributed by atoms with Crippen LogP contribution in [0.15, 0.2) is 30.5 Å². The van der Waals surface area contributed by atoms with Gasteiger partial charge >= 0.3 is 5.97 Å². The predicted octanol–water partition coefficient (Wildman–Crippen LogP) is 2.03. The summed E-state index contributed by atoms with van der Waals surface area (Å²) in [5.41, 5.74) is 0.359. The number of non-ortho nitro benzene ring substituents is 1. The first-order valence-corrected chi connectivity index (χ1v) is 7.19. The van der Waals surface area contributed by atoms with E-state index in [0.29, 0.717) is 29.6 Å². The first kappa shape index (κ1) is 15.2. The van der Waals surface area contributed by atoms with E-state index in [2.05, 4.69) is 4.98 Å². The van der Waals surface area contributed by atoms with Crippen LogP contribution in [-0.4, -0.2) is 45.2 Å². The molecule has 0 bridgehead atoms. The molecule has 1 aliphatic heterocycles. The molecule has 0 amide bonds. The zero-order valence-electron chi connectivity index (χ0n) is 12.2. The van der Waals surface area contributed by atoms with Gasteiger partial charge in [-0.05, 0) is 31.0 Å². The van der Waals surface area contributed by atoms with Crippen LogP contribution >= 0.6 is 0 Å². The van der Waals surface area contributed by atoms with Gasteiger partial charge < -0.3 is 9.84 Å². The van der Waals surface area contributed by atoms with E-state index in [1.807, 2.05) is 0 Å². The summed E-state index contributed by atoms with van der Waals surface area (Å²) in [5, 5.41) is 20.6. The van der Waals surface area contributed by atoms with Crippen molar-refractivity contribution < 1.29 is 19.6 Å². The number of carboxylic acid groups (broad SMARTS) is 1. The van der Waals surface area contributed by atoms with Crippen LogP contribution in [-0.2, 0) is 4.79 Å². The number of rotatable bonds is 5. The Balaban J connectivity index is 1.85. The van der Waals surface area contributed by atoms with E-state index in [-0.39, 0.29) is 12.4 Å². The van der Waals surface area contributed by atoms with E-state index in [1.165, 1.54) is 18.3 Å². The van der Waals surface area contributed by atoms with E-state index >= 15 is 0 Å². The van der Waals surface area contributed by atoms with Crippen molar-refractivity contribution in [3.8, 4) is 5.75 Å². The smallest absolute Gasteiger partial charge is 0.321 e. The summed E-state index contributed by atoms with van der Waals surface area (Å²) in [4.78, 5) is 27.7. The van der Waals surface area contributed by atoms with Crippen LogP contribution in [0, 0.1) is 10.1 Å². The number of aromatic nitrogens is 1. The highest BCUT2D eigenvalue weighted by molar-refractivity contribution is 5.92. The zero-order chi connectivity index (χ0) is 16.4. The number of fused-ring (bicyclic) bond motifs is 1. The van der Waals surface area contributed by atoms with Gasteiger partial charge in [-0.15, -0.1) is 0 Å². The number of nitrogens with zero attached hydrogens (tertiary/aromatic N) is 3. The zero-order valence-corrected chi connectivity index (χ0v) is 12.2. The molecule has 2 heterocycles. The minimum atomic E-state index is -0.863. The summed E-state index contributed by atoms with van der Waals surface area (Å²) in [5.74, 6) is -0.458. The summed E-state index contributed by atoms with van der Waals surface area (Å²) in [6, 6.07) is 5.56. The van der Waals surface area contributed by atoms with Crippen LogP contribution in [0.25, 0.3) is 10.9 Å². The van der Waals surface area contributed by atoms with Crippen LogP contribution in [0.2, 0.25) is 0 Å². The van der Waals surface area contributed by atoms with Crippen molar-refractivity contribution >= 4 is 22.6 Å². The molecule has 1 fully saturated rings. The molecule has 2 aromatic rings. The number of carboxylic acids is 1. The Kier molecular flexibility index (Phi) is 4.07. The maximum Gasteiger partial charge on any atom is 0.321 e. The average Bonchev–Trinajstić information content (AvgIpc) is 3.01. The van der Waals surface area contributed by atoms with Crippen LogP contribution in [0.4, 0.5) is 5.69 Å². The Morgan fingerprint density at radius 3 is 3.04 bits per heavy atom. The van der Waals surface area contributed by atoms with Gasteiger partial charge in [0.1, 0.15) is 24.0 Å². The number of pyridine rings is 1. The molecular formula is C15H15N3O5. The lowest BCUT2D eigenvalue weighted by molar-refractivity contribution is -0.383. The highest BCUT2D eigenvalue weighted by Crippen LogP contribution is 2.31. The third kappa shape index (κ3) is 2.93. The lowest BCUT2D eigenvalue weighted by Gasteiger charge is -2.21. The summed E-state index contributed by atoms with van der Waals surface area (Å²) < 4.78 is 5.70. The third-order valence-electron chi connectivity index (χ3n) is 3.94. The van der Waals surface area contributed by atoms with E-state index < -0.39 is 16.9 Å². The van der Waals surface area contributed by atoms with Gasteiger partial charge in [-0.3, -0.25) is 24.8 Å². The molecule has 1 aromatic carbocycles. The Morgan fingerprint density at radius 2 is 2.30 bits per heavy atom. The van der Waals surface area contributed by atoms with Gasteiger partial charge in [-0.1, -0.05) is 0 Å². The third-order valence-corrected chi connectivity index (χ3v) is 3.94. The van der Waals surface area contributed by atoms with Gasteiger partial charge in [-0.2, -0.15) is 0 Å². The maximum atomic E-state index is 11.2. The quantitative estimate of drug-likeness (QED) is 0.664. The van der Waals surface area contributed by atoms with Gasteiger partial charge in [0.2, 0.25) is 0 Å². The number of benzene rings is 1. The molecule has 1 aromatic heterocycles. The molecule has 3 rings (SSSR count). The molecule has 1 saturated heterocycles. The highest BCUT2D eigenvalue weighted by atomic mass is 16.6. The van der Waals surface area contributed by atoms with Crippen molar-refractivity contribution in [2.24, 2.45) is 0 Å². The van der Waals surface area contributed by atoms with Crippen LogP contribution in [0.1, 0.15) is 12.8 Å². The molecule has 0 aliphatic carbocycles. The summed E-state index contributed by atoms with van der Waals surface area (Å²) >= 11 is 0. The van der Waals surface area contributed by atoms with Gasteiger partial charge in [0.15, 0.2) is 0 Å². The SMILES string of the molecule is O=C(O)[C@@H]1CCCN1COc1ccc([N+](=O)[O-])c2cccnc12. The molecule has 1 atom stereocenters. The Morgan fingerprint density at radius 1 is 1.48 bits per heavy atom. The lowest BCUT2D eigenvalue weighted by atomic mass is 10.1. The molecular weight excluding hydrogens is 302 g/mol. The van der Waals surface area contributed by atoms with Crippen molar-refractivity contribution in [3.05, 3.63) is 40.6 Å². The number of hydrogen-bond acceptors (Lipinski definition) is 6. The van der Waals surface area contributed by atoms with Crippen molar-refractivity contribution in [3.63, 3.8) is 0 Å². The number of hydrogen-bond donors (Lipinski definition) is 1. The second kappa shape index (κ2) is 6.17. The molecule has 0 unspecified atom stereocenters. The minimum Gasteiger partial charge on any atom is -0.480 e. The van der Waals surface area contributed by atoms with Crippen LogP contribution in [0.3, 0.4) is 0 Å². The van der Waals surface area contributed by atoms with Crippen molar-refractivity contribution in [1.82, 2.24) is 9.88 Å². The lowest BCUT2D eigenvalue weighted by Crippen LogP contribution is -2.38.